The van der Waals surface area contributed by atoms with Crippen LogP contribution in [0.1, 0.15) is 31.8 Å². The molecule has 0 N–H and O–H groups in total. The zero-order valence-corrected chi connectivity index (χ0v) is 22.4. The van der Waals surface area contributed by atoms with Gasteiger partial charge in [0, 0.05) is 30.8 Å². The molecule has 39 heavy (non-hydrogen) atoms. The number of hydrogen-bond acceptors (Lipinski definition) is 7. The average Bonchev–Trinajstić information content (AvgIpc) is 3.34. The largest absolute Gasteiger partial charge is 0.493 e. The van der Waals surface area contributed by atoms with Gasteiger partial charge in [-0.15, -0.1) is 0 Å². The maximum Gasteiger partial charge on any atom is 0.256 e. The maximum absolute atomic E-state index is 13.9. The number of allylic oxidation sites excluding steroid dienone is 1. The highest BCUT2D eigenvalue weighted by Gasteiger charge is 2.54. The number of hydrogen-bond donors (Lipinski definition) is 0. The summed E-state index contributed by atoms with van der Waals surface area (Å²) in [6.07, 6.45) is 3.14. The van der Waals surface area contributed by atoms with E-state index in [2.05, 4.69) is 17.0 Å². The lowest BCUT2D eigenvalue weighted by atomic mass is 10.0. The number of benzene rings is 3. The quantitative estimate of drug-likeness (QED) is 0.303. The van der Waals surface area contributed by atoms with E-state index in [0.717, 1.165) is 13.1 Å². The number of methoxy groups -OCH3 is 3. The Morgan fingerprint density at radius 1 is 0.897 bits per heavy atom. The molecule has 2 aliphatic heterocycles. The van der Waals surface area contributed by atoms with E-state index >= 15 is 0 Å². The summed E-state index contributed by atoms with van der Waals surface area (Å²) in [6.45, 7) is 3.07. The molecule has 0 atom stereocenters. The monoisotopic (exact) mass is 528 g/mol. The van der Waals surface area contributed by atoms with Gasteiger partial charge >= 0.3 is 0 Å². The van der Waals surface area contributed by atoms with Gasteiger partial charge in [-0.3, -0.25) is 14.5 Å². The molecule has 3 aromatic carbocycles. The Hall–Kier alpha value is -4.14. The number of nitrogens with zero attached hydrogens (tertiary/aromatic N) is 2. The molecule has 2 heterocycles. The van der Waals surface area contributed by atoms with Crippen LogP contribution in [-0.2, 0) is 11.3 Å². The summed E-state index contributed by atoms with van der Waals surface area (Å²) in [5, 5.41) is 0. The van der Waals surface area contributed by atoms with Crippen LogP contribution in [-0.4, -0.2) is 74.8 Å². The van der Waals surface area contributed by atoms with Crippen molar-refractivity contribution in [2.45, 2.75) is 12.2 Å². The van der Waals surface area contributed by atoms with Crippen LogP contribution in [0.5, 0.6) is 17.2 Å². The number of amides is 1. The molecule has 8 nitrogen and oxygen atoms in total. The van der Waals surface area contributed by atoms with Crippen molar-refractivity contribution in [3.05, 3.63) is 95.1 Å². The number of ketones is 1. The predicted molar refractivity (Wildman–Crippen MR) is 147 cm³/mol. The summed E-state index contributed by atoms with van der Waals surface area (Å²) in [7, 11) is 4.52. The fourth-order valence-electron chi connectivity index (χ4n) is 5.22. The molecule has 5 rings (SSSR count). The minimum absolute atomic E-state index is 0.0747. The van der Waals surface area contributed by atoms with Gasteiger partial charge < -0.3 is 23.8 Å². The minimum atomic E-state index is -0.463. The van der Waals surface area contributed by atoms with Crippen molar-refractivity contribution in [2.24, 2.45) is 0 Å². The molecule has 0 radical (unpaired) electrons. The van der Waals surface area contributed by atoms with Crippen LogP contribution in [0.15, 0.2) is 72.8 Å². The molecule has 3 aromatic rings. The SMILES string of the molecule is COc1cc(C(=O)/C=C/c2ccccc2C(=O)N2CCN(Cc3ccccc3)C23COC3)cc(OC)c1OC. The highest BCUT2D eigenvalue weighted by atomic mass is 16.5. The van der Waals surface area contributed by atoms with E-state index in [0.29, 0.717) is 53.7 Å². The van der Waals surface area contributed by atoms with E-state index in [1.807, 2.05) is 41.3 Å². The fraction of sp³-hybridized carbons (Fsp3) is 0.290. The molecule has 0 bridgehead atoms. The average molecular weight is 529 g/mol. The van der Waals surface area contributed by atoms with Crippen molar-refractivity contribution < 1.29 is 28.5 Å². The first-order valence-electron chi connectivity index (χ1n) is 12.8. The Bertz CT molecular complexity index is 1360. The van der Waals surface area contributed by atoms with E-state index in [-0.39, 0.29) is 11.7 Å². The highest BCUT2D eigenvalue weighted by Crippen LogP contribution is 2.39. The van der Waals surface area contributed by atoms with Gasteiger partial charge in [0.2, 0.25) is 5.75 Å². The van der Waals surface area contributed by atoms with Crippen molar-refractivity contribution in [3.63, 3.8) is 0 Å². The van der Waals surface area contributed by atoms with Crippen LogP contribution < -0.4 is 14.2 Å². The third-order valence-corrected chi connectivity index (χ3v) is 7.37. The van der Waals surface area contributed by atoms with Crippen molar-refractivity contribution in [3.8, 4) is 17.2 Å². The van der Waals surface area contributed by atoms with Gasteiger partial charge in [0.1, 0.15) is 5.66 Å². The van der Waals surface area contributed by atoms with Crippen LogP contribution in [0.25, 0.3) is 6.08 Å². The molecule has 0 aliphatic carbocycles. The molecule has 8 heteroatoms. The van der Waals surface area contributed by atoms with Crippen molar-refractivity contribution in [1.29, 1.82) is 0 Å². The predicted octanol–water partition coefficient (Wildman–Crippen LogP) is 4.29. The highest BCUT2D eigenvalue weighted by molar-refractivity contribution is 6.08. The second-order valence-corrected chi connectivity index (χ2v) is 9.54. The Balaban J connectivity index is 1.38. The maximum atomic E-state index is 13.9. The molecular weight excluding hydrogens is 496 g/mol. The van der Waals surface area contributed by atoms with E-state index in [1.54, 1.807) is 24.3 Å². The third kappa shape index (κ3) is 5.01. The molecule has 0 unspecified atom stereocenters. The van der Waals surface area contributed by atoms with Crippen LogP contribution in [0.2, 0.25) is 0 Å². The van der Waals surface area contributed by atoms with E-state index < -0.39 is 5.66 Å². The number of carbonyl (C=O) groups is 2. The standard InChI is InChI=1S/C31H32N2O6/c1-36-27-17-24(18-28(37-2)29(27)38-3)26(34)14-13-23-11-7-8-12-25(23)30(35)33-16-15-32(31(33)20-39-21-31)19-22-9-5-4-6-10-22/h4-14,17-18H,15-16,19-21H2,1-3H3/b14-13+. The van der Waals surface area contributed by atoms with Gasteiger partial charge in [-0.05, 0) is 35.4 Å². The Kier molecular flexibility index (Phi) is 7.67. The van der Waals surface area contributed by atoms with Gasteiger partial charge in [0.05, 0.1) is 34.5 Å². The zero-order valence-electron chi connectivity index (χ0n) is 22.4. The topological polar surface area (TPSA) is 77.5 Å². The first kappa shape index (κ1) is 26.5. The summed E-state index contributed by atoms with van der Waals surface area (Å²) in [6, 6.07) is 20.8. The van der Waals surface area contributed by atoms with Crippen molar-refractivity contribution >= 4 is 17.8 Å². The smallest absolute Gasteiger partial charge is 0.256 e. The van der Waals surface area contributed by atoms with Gasteiger partial charge in [0.15, 0.2) is 17.3 Å². The summed E-state index contributed by atoms with van der Waals surface area (Å²) in [5.41, 5.74) is 2.33. The van der Waals surface area contributed by atoms with Gasteiger partial charge in [-0.2, -0.15) is 0 Å². The molecule has 2 saturated heterocycles. The van der Waals surface area contributed by atoms with Gasteiger partial charge in [-0.1, -0.05) is 54.6 Å². The van der Waals surface area contributed by atoms with Crippen LogP contribution >= 0.6 is 0 Å². The normalized spacial score (nSPS) is 16.3. The number of rotatable bonds is 9. The lowest BCUT2D eigenvalue weighted by Gasteiger charge is -2.49. The first-order chi connectivity index (χ1) is 19.0. The van der Waals surface area contributed by atoms with E-state index in [1.165, 1.54) is 33.0 Å². The second kappa shape index (κ2) is 11.3. The Morgan fingerprint density at radius 3 is 2.18 bits per heavy atom. The zero-order chi connectivity index (χ0) is 27.4. The number of ether oxygens (including phenoxy) is 4. The van der Waals surface area contributed by atoms with Crippen molar-refractivity contribution in [2.75, 3.05) is 47.6 Å². The van der Waals surface area contributed by atoms with Crippen LogP contribution in [0.3, 0.4) is 0 Å². The molecule has 0 saturated carbocycles. The molecule has 0 aromatic heterocycles. The summed E-state index contributed by atoms with van der Waals surface area (Å²) >= 11 is 0. The lowest BCUT2D eigenvalue weighted by Crippen LogP contribution is -2.67. The van der Waals surface area contributed by atoms with E-state index in [4.69, 9.17) is 18.9 Å². The summed E-state index contributed by atoms with van der Waals surface area (Å²) in [4.78, 5) is 31.3. The van der Waals surface area contributed by atoms with Gasteiger partial charge in [-0.25, -0.2) is 0 Å². The molecular formula is C31H32N2O6. The van der Waals surface area contributed by atoms with Crippen LogP contribution in [0, 0.1) is 0 Å². The number of carbonyl (C=O) groups excluding carboxylic acids is 2. The molecule has 2 fully saturated rings. The summed E-state index contributed by atoms with van der Waals surface area (Å²) < 4.78 is 21.7. The second-order valence-electron chi connectivity index (χ2n) is 9.54. The molecule has 1 amide bonds. The lowest BCUT2D eigenvalue weighted by molar-refractivity contribution is -0.176. The third-order valence-electron chi connectivity index (χ3n) is 7.37. The van der Waals surface area contributed by atoms with E-state index in [9.17, 15) is 9.59 Å². The van der Waals surface area contributed by atoms with Crippen LogP contribution in [0.4, 0.5) is 0 Å². The summed E-state index contributed by atoms with van der Waals surface area (Å²) in [5.74, 6) is 0.875. The minimum Gasteiger partial charge on any atom is -0.493 e. The van der Waals surface area contributed by atoms with Gasteiger partial charge in [0.25, 0.3) is 5.91 Å². The Labute approximate surface area is 228 Å². The molecule has 202 valence electrons. The van der Waals surface area contributed by atoms with Crippen molar-refractivity contribution in [1.82, 2.24) is 9.80 Å². The Morgan fingerprint density at radius 2 is 1.56 bits per heavy atom. The molecule has 1 spiro atoms. The first-order valence-corrected chi connectivity index (χ1v) is 12.8. The molecule has 2 aliphatic rings. The fourth-order valence-corrected chi connectivity index (χ4v) is 5.22.